The first-order valence-electron chi connectivity index (χ1n) is 5.82. The summed E-state index contributed by atoms with van der Waals surface area (Å²) >= 11 is 0. The van der Waals surface area contributed by atoms with E-state index in [-0.39, 0.29) is 24.1 Å². The topological polar surface area (TPSA) is 60.9 Å². The number of likely N-dealkylation sites (N-methyl/N-ethyl adjacent to an activating group) is 1. The molecule has 1 aliphatic rings. The maximum Gasteiger partial charge on any atom is 0.254 e. The van der Waals surface area contributed by atoms with E-state index in [9.17, 15) is 14.7 Å². The predicted molar refractivity (Wildman–Crippen MR) is 66.4 cm³/mol. The Hall–Kier alpha value is -2.04. The van der Waals surface area contributed by atoms with Crippen molar-refractivity contribution >= 4 is 11.8 Å². The molecule has 18 heavy (non-hydrogen) atoms. The Kier molecular flexibility index (Phi) is 3.23. The third-order valence-electron chi connectivity index (χ3n) is 3.18. The predicted octanol–water partition coefficient (Wildman–Crippen LogP) is 0.615. The summed E-state index contributed by atoms with van der Waals surface area (Å²) in [6.45, 7) is 2.99. The summed E-state index contributed by atoms with van der Waals surface area (Å²) in [6, 6.07) is 4.62. The van der Waals surface area contributed by atoms with Crippen molar-refractivity contribution in [1.29, 1.82) is 0 Å². The van der Waals surface area contributed by atoms with Crippen LogP contribution in [0.15, 0.2) is 18.2 Å². The van der Waals surface area contributed by atoms with Crippen LogP contribution in [0, 0.1) is 6.92 Å². The summed E-state index contributed by atoms with van der Waals surface area (Å²) in [7, 11) is 1.73. The zero-order valence-corrected chi connectivity index (χ0v) is 10.5. The molecule has 1 aliphatic heterocycles. The van der Waals surface area contributed by atoms with Crippen molar-refractivity contribution in [3.63, 3.8) is 0 Å². The number of carbonyl (C=O) groups excluding carboxylic acids is 2. The van der Waals surface area contributed by atoms with Crippen LogP contribution in [0.5, 0.6) is 5.75 Å². The number of amides is 2. The molecule has 1 saturated heterocycles. The van der Waals surface area contributed by atoms with Crippen molar-refractivity contribution in [3.05, 3.63) is 29.3 Å². The van der Waals surface area contributed by atoms with Gasteiger partial charge in [0.05, 0.1) is 0 Å². The molecule has 2 rings (SSSR count). The summed E-state index contributed by atoms with van der Waals surface area (Å²) in [4.78, 5) is 27.0. The SMILES string of the molecule is Cc1cc(O)ccc1C(=O)N1CCN(C)C(=O)C1. The fourth-order valence-electron chi connectivity index (χ4n) is 1.99. The van der Waals surface area contributed by atoms with Crippen LogP contribution in [0.3, 0.4) is 0 Å². The van der Waals surface area contributed by atoms with Gasteiger partial charge in [-0.3, -0.25) is 9.59 Å². The van der Waals surface area contributed by atoms with Gasteiger partial charge in [0.25, 0.3) is 5.91 Å². The van der Waals surface area contributed by atoms with Crippen LogP contribution in [0.25, 0.3) is 0 Å². The zero-order valence-electron chi connectivity index (χ0n) is 10.5. The molecule has 1 heterocycles. The number of hydrogen-bond acceptors (Lipinski definition) is 3. The lowest BCUT2D eigenvalue weighted by atomic mass is 10.1. The quantitative estimate of drug-likeness (QED) is 0.792. The number of phenolic OH excluding ortho intramolecular Hbond substituents is 1. The Labute approximate surface area is 106 Å². The lowest BCUT2D eigenvalue weighted by Gasteiger charge is -2.32. The number of benzene rings is 1. The number of phenols is 1. The molecule has 2 amide bonds. The molecule has 1 aromatic rings. The number of aromatic hydroxyl groups is 1. The Morgan fingerprint density at radius 2 is 2.06 bits per heavy atom. The second-order valence-electron chi connectivity index (χ2n) is 4.54. The van der Waals surface area contributed by atoms with Gasteiger partial charge < -0.3 is 14.9 Å². The summed E-state index contributed by atoms with van der Waals surface area (Å²) in [5.41, 5.74) is 1.25. The number of hydrogen-bond donors (Lipinski definition) is 1. The molecule has 1 aromatic carbocycles. The van der Waals surface area contributed by atoms with Gasteiger partial charge in [-0.2, -0.15) is 0 Å². The molecule has 0 radical (unpaired) electrons. The van der Waals surface area contributed by atoms with E-state index in [1.807, 2.05) is 0 Å². The number of aryl methyl sites for hydroxylation is 1. The van der Waals surface area contributed by atoms with Crippen molar-refractivity contribution in [2.75, 3.05) is 26.7 Å². The number of carbonyl (C=O) groups is 2. The van der Waals surface area contributed by atoms with Gasteiger partial charge in [0.2, 0.25) is 5.91 Å². The van der Waals surface area contributed by atoms with Gasteiger partial charge in [0.1, 0.15) is 12.3 Å². The summed E-state index contributed by atoms with van der Waals surface area (Å²) in [5, 5.41) is 9.32. The summed E-state index contributed by atoms with van der Waals surface area (Å²) < 4.78 is 0. The fourth-order valence-corrected chi connectivity index (χ4v) is 1.99. The first-order valence-corrected chi connectivity index (χ1v) is 5.82. The minimum absolute atomic E-state index is 0.0500. The standard InChI is InChI=1S/C13H16N2O3/c1-9-7-10(16)3-4-11(9)13(18)15-6-5-14(2)12(17)8-15/h3-4,7,16H,5-6,8H2,1-2H3. The fraction of sp³-hybridized carbons (Fsp3) is 0.385. The van der Waals surface area contributed by atoms with E-state index in [1.165, 1.54) is 6.07 Å². The normalized spacial score (nSPS) is 16.0. The highest BCUT2D eigenvalue weighted by molar-refractivity contribution is 5.98. The van der Waals surface area contributed by atoms with Crippen LogP contribution in [0.2, 0.25) is 0 Å². The molecular weight excluding hydrogens is 232 g/mol. The van der Waals surface area contributed by atoms with E-state index in [1.54, 1.807) is 35.9 Å². The van der Waals surface area contributed by atoms with Crippen molar-refractivity contribution < 1.29 is 14.7 Å². The van der Waals surface area contributed by atoms with E-state index in [0.29, 0.717) is 24.2 Å². The van der Waals surface area contributed by atoms with Crippen molar-refractivity contribution in [3.8, 4) is 5.75 Å². The van der Waals surface area contributed by atoms with Crippen LogP contribution in [0.4, 0.5) is 0 Å². The Morgan fingerprint density at radius 3 is 2.67 bits per heavy atom. The van der Waals surface area contributed by atoms with Gasteiger partial charge in [-0.15, -0.1) is 0 Å². The molecule has 0 spiro atoms. The van der Waals surface area contributed by atoms with Crippen molar-refractivity contribution in [2.24, 2.45) is 0 Å². The maximum absolute atomic E-state index is 12.3. The van der Waals surface area contributed by atoms with Gasteiger partial charge in [-0.1, -0.05) is 0 Å². The van der Waals surface area contributed by atoms with E-state index in [2.05, 4.69) is 0 Å². The minimum Gasteiger partial charge on any atom is -0.508 e. The van der Waals surface area contributed by atoms with Crippen LogP contribution in [-0.4, -0.2) is 53.4 Å². The molecule has 5 heteroatoms. The highest BCUT2D eigenvalue weighted by Crippen LogP contribution is 2.18. The zero-order chi connectivity index (χ0) is 13.3. The molecule has 0 aromatic heterocycles. The molecule has 0 bridgehead atoms. The van der Waals surface area contributed by atoms with E-state index in [0.717, 1.165) is 0 Å². The Morgan fingerprint density at radius 1 is 1.33 bits per heavy atom. The number of rotatable bonds is 1. The molecule has 0 aliphatic carbocycles. The lowest BCUT2D eigenvalue weighted by Crippen LogP contribution is -2.50. The Balaban J connectivity index is 2.19. The minimum atomic E-state index is -0.158. The number of piperazine rings is 1. The van der Waals surface area contributed by atoms with Crippen LogP contribution >= 0.6 is 0 Å². The highest BCUT2D eigenvalue weighted by Gasteiger charge is 2.26. The summed E-state index contributed by atoms with van der Waals surface area (Å²) in [5.74, 6) is -0.0708. The average molecular weight is 248 g/mol. The van der Waals surface area contributed by atoms with Crippen LogP contribution in [-0.2, 0) is 4.79 Å². The van der Waals surface area contributed by atoms with Gasteiger partial charge in [0.15, 0.2) is 0 Å². The van der Waals surface area contributed by atoms with Gasteiger partial charge in [-0.25, -0.2) is 0 Å². The van der Waals surface area contributed by atoms with Gasteiger partial charge in [-0.05, 0) is 30.7 Å². The highest BCUT2D eigenvalue weighted by atomic mass is 16.3. The van der Waals surface area contributed by atoms with Crippen LogP contribution < -0.4 is 0 Å². The molecule has 96 valence electrons. The van der Waals surface area contributed by atoms with Gasteiger partial charge >= 0.3 is 0 Å². The van der Waals surface area contributed by atoms with E-state index in [4.69, 9.17) is 0 Å². The van der Waals surface area contributed by atoms with Crippen LogP contribution in [0.1, 0.15) is 15.9 Å². The first kappa shape index (κ1) is 12.4. The molecular formula is C13H16N2O3. The second kappa shape index (κ2) is 4.68. The molecule has 0 atom stereocenters. The van der Waals surface area contributed by atoms with Gasteiger partial charge in [0, 0.05) is 25.7 Å². The van der Waals surface area contributed by atoms with E-state index < -0.39 is 0 Å². The Bertz CT molecular complexity index is 499. The van der Waals surface area contributed by atoms with Crippen molar-refractivity contribution in [2.45, 2.75) is 6.92 Å². The molecule has 5 nitrogen and oxygen atoms in total. The maximum atomic E-state index is 12.3. The lowest BCUT2D eigenvalue weighted by molar-refractivity contribution is -0.133. The molecule has 0 saturated carbocycles. The monoisotopic (exact) mass is 248 g/mol. The average Bonchev–Trinajstić information content (AvgIpc) is 2.32. The van der Waals surface area contributed by atoms with Crippen molar-refractivity contribution in [1.82, 2.24) is 9.80 Å². The molecule has 1 fully saturated rings. The second-order valence-corrected chi connectivity index (χ2v) is 4.54. The third kappa shape index (κ3) is 2.30. The third-order valence-corrected chi connectivity index (χ3v) is 3.18. The molecule has 1 N–H and O–H groups in total. The smallest absolute Gasteiger partial charge is 0.254 e. The molecule has 0 unspecified atom stereocenters. The first-order chi connectivity index (χ1) is 8.49. The number of nitrogens with zero attached hydrogens (tertiary/aromatic N) is 2. The summed E-state index contributed by atoms with van der Waals surface area (Å²) in [6.07, 6.45) is 0. The largest absolute Gasteiger partial charge is 0.508 e. The van der Waals surface area contributed by atoms with E-state index >= 15 is 0 Å².